The summed E-state index contributed by atoms with van der Waals surface area (Å²) in [7, 11) is 1.88. The van der Waals surface area contributed by atoms with Crippen molar-refractivity contribution in [2.24, 2.45) is 0 Å². The fourth-order valence-electron chi connectivity index (χ4n) is 3.02. The summed E-state index contributed by atoms with van der Waals surface area (Å²) >= 11 is 0. The van der Waals surface area contributed by atoms with Crippen LogP contribution in [0.2, 0.25) is 0 Å². The lowest BCUT2D eigenvalue weighted by molar-refractivity contribution is -0.0171. The molecule has 1 heterocycles. The van der Waals surface area contributed by atoms with Crippen molar-refractivity contribution in [3.05, 3.63) is 0 Å². The first-order valence-electron chi connectivity index (χ1n) is 6.18. The number of piperidine rings is 1. The summed E-state index contributed by atoms with van der Waals surface area (Å²) in [4.78, 5) is 2.68. The van der Waals surface area contributed by atoms with Crippen LogP contribution in [0.4, 0.5) is 0 Å². The van der Waals surface area contributed by atoms with Crippen LogP contribution in [0.1, 0.15) is 44.9 Å². The summed E-state index contributed by atoms with van der Waals surface area (Å²) in [5.41, 5.74) is 0. The van der Waals surface area contributed by atoms with Crippen LogP contribution < -0.4 is 0 Å². The molecule has 0 bridgehead atoms. The highest BCUT2D eigenvalue weighted by atomic mass is 16.5. The third-order valence-electron chi connectivity index (χ3n) is 3.83. The van der Waals surface area contributed by atoms with Crippen LogP contribution in [0.5, 0.6) is 0 Å². The summed E-state index contributed by atoms with van der Waals surface area (Å²) in [6.45, 7) is 2.62. The van der Waals surface area contributed by atoms with E-state index in [0.29, 0.717) is 6.10 Å². The van der Waals surface area contributed by atoms with Gasteiger partial charge < -0.3 is 4.74 Å². The first-order valence-corrected chi connectivity index (χ1v) is 6.18. The Balaban J connectivity index is 1.91. The summed E-state index contributed by atoms with van der Waals surface area (Å²) in [6, 6.07) is 0.731. The molecule has 1 saturated heterocycles. The molecule has 82 valence electrons. The molecule has 2 atom stereocenters. The number of rotatable bonds is 2. The molecule has 2 heteroatoms. The largest absolute Gasteiger partial charge is 0.380 e. The minimum Gasteiger partial charge on any atom is -0.380 e. The third-order valence-corrected chi connectivity index (χ3v) is 3.83. The van der Waals surface area contributed by atoms with Gasteiger partial charge in [-0.2, -0.15) is 0 Å². The summed E-state index contributed by atoms with van der Waals surface area (Å²) in [5, 5.41) is 0. The predicted octanol–water partition coefficient (Wildman–Crippen LogP) is 2.43. The molecule has 1 aliphatic heterocycles. The summed E-state index contributed by atoms with van der Waals surface area (Å²) in [5.74, 6) is 0. The SMILES string of the molecule is CO[C@H]1CCCC[C@@H]1N1CCCCC1. The Morgan fingerprint density at radius 3 is 2.36 bits per heavy atom. The van der Waals surface area contributed by atoms with E-state index in [1.807, 2.05) is 7.11 Å². The smallest absolute Gasteiger partial charge is 0.0726 e. The first kappa shape index (κ1) is 10.4. The molecule has 14 heavy (non-hydrogen) atoms. The second-order valence-electron chi connectivity index (χ2n) is 4.72. The quantitative estimate of drug-likeness (QED) is 0.674. The van der Waals surface area contributed by atoms with E-state index in [4.69, 9.17) is 4.74 Å². The molecular weight excluding hydrogens is 174 g/mol. The maximum atomic E-state index is 5.62. The lowest BCUT2D eigenvalue weighted by atomic mass is 9.90. The Hall–Kier alpha value is -0.0800. The Bertz CT molecular complexity index is 166. The van der Waals surface area contributed by atoms with Crippen molar-refractivity contribution >= 4 is 0 Å². The van der Waals surface area contributed by atoms with Crippen LogP contribution in [-0.2, 0) is 4.74 Å². The molecule has 1 saturated carbocycles. The standard InChI is InChI=1S/C12H23NO/c1-14-12-8-4-3-7-11(12)13-9-5-2-6-10-13/h11-12H,2-10H2,1H3/t11-,12-/m0/s1. The van der Waals surface area contributed by atoms with E-state index < -0.39 is 0 Å². The van der Waals surface area contributed by atoms with Gasteiger partial charge in [0.1, 0.15) is 0 Å². The van der Waals surface area contributed by atoms with E-state index in [1.165, 1.54) is 58.0 Å². The van der Waals surface area contributed by atoms with Gasteiger partial charge in [0.2, 0.25) is 0 Å². The third kappa shape index (κ3) is 2.29. The van der Waals surface area contributed by atoms with Gasteiger partial charge >= 0.3 is 0 Å². The van der Waals surface area contributed by atoms with Gasteiger partial charge in [0.25, 0.3) is 0 Å². The van der Waals surface area contributed by atoms with Crippen molar-refractivity contribution in [2.75, 3.05) is 20.2 Å². The second kappa shape index (κ2) is 5.13. The lowest BCUT2D eigenvalue weighted by Crippen LogP contribution is -2.48. The number of nitrogens with zero attached hydrogens (tertiary/aromatic N) is 1. The van der Waals surface area contributed by atoms with Crippen LogP contribution in [0.25, 0.3) is 0 Å². The number of ether oxygens (including phenoxy) is 1. The summed E-state index contributed by atoms with van der Waals surface area (Å²) < 4.78 is 5.62. The topological polar surface area (TPSA) is 12.5 Å². The summed E-state index contributed by atoms with van der Waals surface area (Å²) in [6.07, 6.45) is 10.1. The zero-order chi connectivity index (χ0) is 9.80. The van der Waals surface area contributed by atoms with Crippen LogP contribution in [0.15, 0.2) is 0 Å². The van der Waals surface area contributed by atoms with Gasteiger partial charge in [-0.1, -0.05) is 19.3 Å². The van der Waals surface area contributed by atoms with Gasteiger partial charge in [0, 0.05) is 13.2 Å². The number of likely N-dealkylation sites (tertiary alicyclic amines) is 1. The van der Waals surface area contributed by atoms with E-state index in [-0.39, 0.29) is 0 Å². The molecule has 2 fully saturated rings. The fourth-order valence-corrected chi connectivity index (χ4v) is 3.02. The molecule has 0 aromatic carbocycles. The molecule has 0 spiro atoms. The average Bonchev–Trinajstić information content (AvgIpc) is 2.30. The Morgan fingerprint density at radius 2 is 1.64 bits per heavy atom. The van der Waals surface area contributed by atoms with E-state index in [1.54, 1.807) is 0 Å². The molecule has 2 rings (SSSR count). The molecular formula is C12H23NO. The molecule has 0 aromatic rings. The van der Waals surface area contributed by atoms with Gasteiger partial charge in [-0.15, -0.1) is 0 Å². The average molecular weight is 197 g/mol. The van der Waals surface area contributed by atoms with Crippen molar-refractivity contribution in [3.63, 3.8) is 0 Å². The van der Waals surface area contributed by atoms with Gasteiger partial charge in [-0.25, -0.2) is 0 Å². The van der Waals surface area contributed by atoms with Gasteiger partial charge in [-0.05, 0) is 38.8 Å². The van der Waals surface area contributed by atoms with E-state index in [2.05, 4.69) is 4.90 Å². The number of methoxy groups -OCH3 is 1. The first-order chi connectivity index (χ1) is 6.92. The van der Waals surface area contributed by atoms with Gasteiger partial charge in [0.15, 0.2) is 0 Å². The van der Waals surface area contributed by atoms with Crippen LogP contribution >= 0.6 is 0 Å². The van der Waals surface area contributed by atoms with Gasteiger partial charge in [0.05, 0.1) is 6.10 Å². The molecule has 0 N–H and O–H groups in total. The minimum absolute atomic E-state index is 0.516. The van der Waals surface area contributed by atoms with Crippen molar-refractivity contribution in [2.45, 2.75) is 57.1 Å². The maximum Gasteiger partial charge on any atom is 0.0726 e. The normalized spacial score (nSPS) is 35.8. The number of hydrogen-bond acceptors (Lipinski definition) is 2. The highest BCUT2D eigenvalue weighted by Crippen LogP contribution is 2.27. The zero-order valence-corrected chi connectivity index (χ0v) is 9.37. The fraction of sp³-hybridized carbons (Fsp3) is 1.00. The van der Waals surface area contributed by atoms with Crippen LogP contribution in [-0.4, -0.2) is 37.2 Å². The van der Waals surface area contributed by atoms with E-state index in [9.17, 15) is 0 Å². The zero-order valence-electron chi connectivity index (χ0n) is 9.37. The minimum atomic E-state index is 0.516. The lowest BCUT2D eigenvalue weighted by Gasteiger charge is -2.41. The van der Waals surface area contributed by atoms with Gasteiger partial charge in [-0.3, -0.25) is 4.90 Å². The predicted molar refractivity (Wildman–Crippen MR) is 58.5 cm³/mol. The molecule has 0 unspecified atom stereocenters. The Labute approximate surface area is 87.6 Å². The van der Waals surface area contributed by atoms with Crippen molar-refractivity contribution in [3.8, 4) is 0 Å². The Kier molecular flexibility index (Phi) is 3.82. The highest BCUT2D eigenvalue weighted by Gasteiger charge is 2.30. The van der Waals surface area contributed by atoms with E-state index >= 15 is 0 Å². The monoisotopic (exact) mass is 197 g/mol. The molecule has 2 aliphatic rings. The maximum absolute atomic E-state index is 5.62. The highest BCUT2D eigenvalue weighted by molar-refractivity contribution is 4.85. The number of hydrogen-bond donors (Lipinski definition) is 0. The van der Waals surface area contributed by atoms with E-state index in [0.717, 1.165) is 6.04 Å². The van der Waals surface area contributed by atoms with Crippen molar-refractivity contribution in [1.29, 1.82) is 0 Å². The van der Waals surface area contributed by atoms with Crippen LogP contribution in [0, 0.1) is 0 Å². The van der Waals surface area contributed by atoms with Crippen molar-refractivity contribution in [1.82, 2.24) is 4.90 Å². The Morgan fingerprint density at radius 1 is 0.929 bits per heavy atom. The molecule has 0 radical (unpaired) electrons. The van der Waals surface area contributed by atoms with Crippen LogP contribution in [0.3, 0.4) is 0 Å². The van der Waals surface area contributed by atoms with Crippen molar-refractivity contribution < 1.29 is 4.74 Å². The molecule has 2 nitrogen and oxygen atoms in total. The molecule has 0 aromatic heterocycles. The molecule has 0 amide bonds. The molecule has 1 aliphatic carbocycles. The second-order valence-corrected chi connectivity index (χ2v) is 4.72.